The van der Waals surface area contributed by atoms with Crippen LogP contribution in [0.4, 0.5) is 0 Å². The van der Waals surface area contributed by atoms with Crippen LogP contribution in [0.25, 0.3) is 0 Å². The zero-order valence-electron chi connectivity index (χ0n) is 12.5. The molecule has 4 heteroatoms. The van der Waals surface area contributed by atoms with Crippen LogP contribution in [0.3, 0.4) is 0 Å². The molecule has 1 aliphatic heterocycles. The molecular weight excluding hydrogens is 278 g/mol. The molecule has 4 nitrogen and oxygen atoms in total. The minimum absolute atomic E-state index is 0.335. The van der Waals surface area contributed by atoms with Crippen LogP contribution in [-0.2, 0) is 12.8 Å². The summed E-state index contributed by atoms with van der Waals surface area (Å²) in [4.78, 5) is 11.5. The molecule has 0 aromatic heterocycles. The predicted molar refractivity (Wildman–Crippen MR) is 84.3 cm³/mol. The molecule has 1 amide bonds. The Balaban J connectivity index is 1.77. The van der Waals surface area contributed by atoms with Crippen LogP contribution in [0.5, 0.6) is 11.5 Å². The maximum absolute atomic E-state index is 11.5. The Kier molecular flexibility index (Phi) is 4.00. The largest absolute Gasteiger partial charge is 0.497 e. The number of hydrogen-bond donors (Lipinski definition) is 1. The van der Waals surface area contributed by atoms with Gasteiger partial charge < -0.3 is 15.2 Å². The van der Waals surface area contributed by atoms with Gasteiger partial charge in [-0.15, -0.1) is 0 Å². The highest BCUT2D eigenvalue weighted by atomic mass is 16.5. The number of methoxy groups -OCH3 is 1. The van der Waals surface area contributed by atoms with Gasteiger partial charge >= 0.3 is 0 Å². The average Bonchev–Trinajstić information content (AvgIpc) is 2.54. The van der Waals surface area contributed by atoms with Crippen LogP contribution >= 0.6 is 0 Å². The van der Waals surface area contributed by atoms with E-state index in [0.29, 0.717) is 18.1 Å². The van der Waals surface area contributed by atoms with Crippen LogP contribution in [0, 0.1) is 5.92 Å². The summed E-state index contributed by atoms with van der Waals surface area (Å²) in [5.41, 5.74) is 8.21. The Morgan fingerprint density at radius 1 is 1.32 bits per heavy atom. The normalized spacial score (nSPS) is 16.5. The summed E-state index contributed by atoms with van der Waals surface area (Å²) >= 11 is 0. The van der Waals surface area contributed by atoms with Crippen molar-refractivity contribution in [1.29, 1.82) is 0 Å². The first-order valence-corrected chi connectivity index (χ1v) is 7.35. The molecule has 114 valence electrons. The van der Waals surface area contributed by atoms with Gasteiger partial charge in [0.25, 0.3) is 0 Å². The van der Waals surface area contributed by atoms with Crippen molar-refractivity contribution >= 4 is 5.91 Å². The molecule has 2 aromatic rings. The van der Waals surface area contributed by atoms with Crippen molar-refractivity contribution in [1.82, 2.24) is 0 Å². The number of rotatable bonds is 4. The van der Waals surface area contributed by atoms with Crippen molar-refractivity contribution in [2.24, 2.45) is 11.7 Å². The second-order valence-corrected chi connectivity index (χ2v) is 5.58. The Bertz CT molecular complexity index is 696. The molecule has 22 heavy (non-hydrogen) atoms. The zero-order chi connectivity index (χ0) is 15.5. The van der Waals surface area contributed by atoms with Crippen LogP contribution < -0.4 is 15.2 Å². The molecular formula is C18H19NO3. The molecule has 0 saturated heterocycles. The number of fused-ring (bicyclic) bond motifs is 1. The fourth-order valence-corrected chi connectivity index (χ4v) is 2.92. The third-order valence-corrected chi connectivity index (χ3v) is 4.05. The molecule has 0 saturated carbocycles. The number of benzene rings is 2. The molecule has 2 aromatic carbocycles. The molecule has 0 spiro atoms. The van der Waals surface area contributed by atoms with Gasteiger partial charge in [0, 0.05) is 17.5 Å². The van der Waals surface area contributed by atoms with Gasteiger partial charge in [-0.3, -0.25) is 4.79 Å². The third kappa shape index (κ3) is 2.91. The van der Waals surface area contributed by atoms with E-state index in [0.717, 1.165) is 29.9 Å². The summed E-state index contributed by atoms with van der Waals surface area (Å²) in [6.07, 6.45) is 1.71. The van der Waals surface area contributed by atoms with E-state index in [1.165, 1.54) is 5.56 Å². The summed E-state index contributed by atoms with van der Waals surface area (Å²) in [5, 5.41) is 0. The fraction of sp³-hybridized carbons (Fsp3) is 0.278. The van der Waals surface area contributed by atoms with E-state index in [1.54, 1.807) is 13.2 Å². The topological polar surface area (TPSA) is 61.6 Å². The lowest BCUT2D eigenvalue weighted by Crippen LogP contribution is -2.24. The fourth-order valence-electron chi connectivity index (χ4n) is 2.92. The molecule has 0 bridgehead atoms. The molecule has 2 N–H and O–H groups in total. The second kappa shape index (κ2) is 6.10. The highest BCUT2D eigenvalue weighted by Gasteiger charge is 2.22. The molecule has 0 radical (unpaired) electrons. The van der Waals surface area contributed by atoms with E-state index >= 15 is 0 Å². The van der Waals surface area contributed by atoms with Gasteiger partial charge in [-0.05, 0) is 36.1 Å². The Morgan fingerprint density at radius 2 is 2.14 bits per heavy atom. The Morgan fingerprint density at radius 3 is 2.91 bits per heavy atom. The summed E-state index contributed by atoms with van der Waals surface area (Å²) in [5.74, 6) is 1.65. The molecule has 3 rings (SSSR count). The lowest BCUT2D eigenvalue weighted by Gasteiger charge is -2.26. The van der Waals surface area contributed by atoms with E-state index in [-0.39, 0.29) is 5.91 Å². The van der Waals surface area contributed by atoms with Gasteiger partial charge in [0.15, 0.2) is 0 Å². The molecule has 0 fully saturated rings. The first kappa shape index (κ1) is 14.4. The Hall–Kier alpha value is -2.49. The maximum atomic E-state index is 11.5. The third-order valence-electron chi connectivity index (χ3n) is 4.05. The maximum Gasteiger partial charge on any atom is 0.248 e. The predicted octanol–water partition coefficient (Wildman–Crippen LogP) is 2.59. The lowest BCUT2D eigenvalue weighted by molar-refractivity contribution is 0.0999. The van der Waals surface area contributed by atoms with Gasteiger partial charge in [0.1, 0.15) is 11.5 Å². The molecule has 1 heterocycles. The molecule has 1 aliphatic rings. The minimum atomic E-state index is -0.377. The van der Waals surface area contributed by atoms with E-state index in [2.05, 4.69) is 0 Å². The quantitative estimate of drug-likeness (QED) is 0.943. The highest BCUT2D eigenvalue weighted by molar-refractivity contribution is 5.94. The summed E-state index contributed by atoms with van der Waals surface area (Å²) in [7, 11) is 1.65. The molecule has 0 aliphatic carbocycles. The standard InChI is InChI=1S/C18H19NO3/c1-21-15-7-6-14-9-12(11-22-17(14)10-15)8-13-4-2-3-5-16(13)18(19)20/h2-7,10,12H,8-9,11H2,1H3,(H2,19,20). The zero-order valence-corrected chi connectivity index (χ0v) is 12.5. The van der Waals surface area contributed by atoms with Crippen molar-refractivity contribution in [3.05, 3.63) is 59.2 Å². The number of carbonyl (C=O) groups excluding carboxylic acids is 1. The van der Waals surface area contributed by atoms with Crippen LogP contribution in [0.1, 0.15) is 21.5 Å². The number of carbonyl (C=O) groups is 1. The van der Waals surface area contributed by atoms with Crippen LogP contribution in [0.2, 0.25) is 0 Å². The molecule has 1 unspecified atom stereocenters. The summed E-state index contributed by atoms with van der Waals surface area (Å²) in [6, 6.07) is 13.4. The van der Waals surface area contributed by atoms with E-state index in [4.69, 9.17) is 15.2 Å². The Labute approximate surface area is 129 Å². The van der Waals surface area contributed by atoms with Gasteiger partial charge in [-0.25, -0.2) is 0 Å². The van der Waals surface area contributed by atoms with E-state index < -0.39 is 0 Å². The minimum Gasteiger partial charge on any atom is -0.497 e. The summed E-state index contributed by atoms with van der Waals surface area (Å²) < 4.78 is 11.1. The van der Waals surface area contributed by atoms with Gasteiger partial charge in [-0.2, -0.15) is 0 Å². The smallest absolute Gasteiger partial charge is 0.248 e. The van der Waals surface area contributed by atoms with Gasteiger partial charge in [0.2, 0.25) is 5.91 Å². The second-order valence-electron chi connectivity index (χ2n) is 5.58. The highest BCUT2D eigenvalue weighted by Crippen LogP contribution is 2.32. The first-order chi connectivity index (χ1) is 10.7. The number of nitrogens with two attached hydrogens (primary N) is 1. The number of primary amides is 1. The van der Waals surface area contributed by atoms with E-state index in [9.17, 15) is 4.79 Å². The monoisotopic (exact) mass is 297 g/mol. The molecule has 1 atom stereocenters. The number of amides is 1. The van der Waals surface area contributed by atoms with Gasteiger partial charge in [0.05, 0.1) is 13.7 Å². The summed E-state index contributed by atoms with van der Waals surface area (Å²) in [6.45, 7) is 0.632. The van der Waals surface area contributed by atoms with Crippen LogP contribution in [-0.4, -0.2) is 19.6 Å². The van der Waals surface area contributed by atoms with Crippen molar-refractivity contribution in [2.45, 2.75) is 12.8 Å². The van der Waals surface area contributed by atoms with Crippen LogP contribution in [0.15, 0.2) is 42.5 Å². The number of hydrogen-bond acceptors (Lipinski definition) is 3. The number of ether oxygens (including phenoxy) is 2. The first-order valence-electron chi connectivity index (χ1n) is 7.35. The van der Waals surface area contributed by atoms with Crippen molar-refractivity contribution in [2.75, 3.05) is 13.7 Å². The van der Waals surface area contributed by atoms with Crippen molar-refractivity contribution < 1.29 is 14.3 Å². The van der Waals surface area contributed by atoms with Crippen molar-refractivity contribution in [3.63, 3.8) is 0 Å². The van der Waals surface area contributed by atoms with E-state index in [1.807, 2.05) is 36.4 Å². The van der Waals surface area contributed by atoms with Gasteiger partial charge in [-0.1, -0.05) is 24.3 Å². The SMILES string of the molecule is COc1ccc2c(c1)OCC(Cc1ccccc1C(N)=O)C2. The average molecular weight is 297 g/mol. The lowest BCUT2D eigenvalue weighted by atomic mass is 9.89. The van der Waals surface area contributed by atoms with Crippen molar-refractivity contribution in [3.8, 4) is 11.5 Å².